The first kappa shape index (κ1) is 15.6. The summed E-state index contributed by atoms with van der Waals surface area (Å²) in [6.45, 7) is 6.40. The molecule has 0 unspecified atom stereocenters. The molecule has 0 saturated carbocycles. The Kier molecular flexibility index (Phi) is 4.73. The Morgan fingerprint density at radius 2 is 2.24 bits per heavy atom. The fourth-order valence-corrected chi connectivity index (χ4v) is 2.45. The summed E-state index contributed by atoms with van der Waals surface area (Å²) < 4.78 is 16.5. The van der Waals surface area contributed by atoms with Gasteiger partial charge in [-0.25, -0.2) is 0 Å². The number of methoxy groups -OCH3 is 1. The third kappa shape index (κ3) is 4.11. The number of fused-ring (bicyclic) bond motifs is 1. The molecule has 0 radical (unpaired) electrons. The van der Waals surface area contributed by atoms with E-state index in [0.29, 0.717) is 12.4 Å². The van der Waals surface area contributed by atoms with E-state index in [4.69, 9.17) is 14.2 Å². The molecule has 1 aromatic rings. The lowest BCUT2D eigenvalue weighted by Gasteiger charge is -2.18. The van der Waals surface area contributed by atoms with Crippen molar-refractivity contribution in [2.45, 2.75) is 38.8 Å². The molecule has 2 rings (SSSR count). The molecule has 1 heterocycles. The van der Waals surface area contributed by atoms with Crippen LogP contribution in [0, 0.1) is 0 Å². The minimum atomic E-state index is -0.225. The maximum atomic E-state index is 11.8. The second kappa shape index (κ2) is 6.35. The first-order valence-electron chi connectivity index (χ1n) is 7.13. The predicted molar refractivity (Wildman–Crippen MR) is 79.8 cm³/mol. The minimum absolute atomic E-state index is 0.0334. The molecule has 116 valence electrons. The summed E-state index contributed by atoms with van der Waals surface area (Å²) in [6.07, 6.45) is 0.844. The van der Waals surface area contributed by atoms with Crippen molar-refractivity contribution < 1.29 is 19.0 Å². The zero-order valence-corrected chi connectivity index (χ0v) is 13.1. The third-order valence-electron chi connectivity index (χ3n) is 3.24. The summed E-state index contributed by atoms with van der Waals surface area (Å²) in [5.41, 5.74) is 0.891. The van der Waals surface area contributed by atoms with Crippen LogP contribution in [0.3, 0.4) is 0 Å². The molecule has 1 aromatic carbocycles. The number of hydrogen-bond donors (Lipinski definition) is 1. The van der Waals surface area contributed by atoms with Gasteiger partial charge in [0.25, 0.3) is 5.91 Å². The summed E-state index contributed by atoms with van der Waals surface area (Å²) in [5, 5.41) is 2.81. The van der Waals surface area contributed by atoms with Gasteiger partial charge in [-0.2, -0.15) is 0 Å². The quantitative estimate of drug-likeness (QED) is 0.870. The van der Waals surface area contributed by atoms with Crippen molar-refractivity contribution in [2.24, 2.45) is 0 Å². The number of para-hydroxylation sites is 1. The summed E-state index contributed by atoms with van der Waals surface area (Å²) in [7, 11) is 1.60. The summed E-state index contributed by atoms with van der Waals surface area (Å²) >= 11 is 0. The highest BCUT2D eigenvalue weighted by Crippen LogP contribution is 2.41. The second-order valence-electron chi connectivity index (χ2n) is 6.00. The van der Waals surface area contributed by atoms with Crippen LogP contribution < -0.4 is 14.8 Å². The standard InChI is InChI=1S/C16H23NO4/c1-11(9-19-4)17-14(18)10-20-13-7-5-6-12-8-16(2,3)21-15(12)13/h5-7,11H,8-10H2,1-4H3,(H,17,18)/t11-/m1/s1. The van der Waals surface area contributed by atoms with Crippen LogP contribution in [0.25, 0.3) is 0 Å². The van der Waals surface area contributed by atoms with Gasteiger partial charge in [0.15, 0.2) is 18.1 Å². The van der Waals surface area contributed by atoms with Gasteiger partial charge in [0.05, 0.1) is 6.61 Å². The van der Waals surface area contributed by atoms with Crippen molar-refractivity contribution in [2.75, 3.05) is 20.3 Å². The first-order chi connectivity index (χ1) is 9.91. The minimum Gasteiger partial charge on any atom is -0.483 e. The zero-order valence-electron chi connectivity index (χ0n) is 13.1. The molecule has 0 aliphatic carbocycles. The van der Waals surface area contributed by atoms with Gasteiger partial charge in [-0.05, 0) is 26.8 Å². The van der Waals surface area contributed by atoms with Crippen LogP contribution in [0.4, 0.5) is 0 Å². The van der Waals surface area contributed by atoms with E-state index in [2.05, 4.69) is 5.32 Å². The Labute approximate surface area is 125 Å². The molecule has 1 atom stereocenters. The number of benzene rings is 1. The van der Waals surface area contributed by atoms with Crippen molar-refractivity contribution in [3.05, 3.63) is 23.8 Å². The maximum absolute atomic E-state index is 11.8. The van der Waals surface area contributed by atoms with Crippen molar-refractivity contribution in [3.63, 3.8) is 0 Å². The lowest BCUT2D eigenvalue weighted by Crippen LogP contribution is -2.38. The highest BCUT2D eigenvalue weighted by Gasteiger charge is 2.32. The monoisotopic (exact) mass is 293 g/mol. The van der Waals surface area contributed by atoms with Crippen LogP contribution in [0.15, 0.2) is 18.2 Å². The molecule has 1 amide bonds. The number of rotatable bonds is 6. The molecule has 0 bridgehead atoms. The van der Waals surface area contributed by atoms with E-state index in [1.54, 1.807) is 7.11 Å². The van der Waals surface area contributed by atoms with E-state index < -0.39 is 0 Å². The van der Waals surface area contributed by atoms with Crippen LogP contribution in [0.5, 0.6) is 11.5 Å². The van der Waals surface area contributed by atoms with Crippen LogP contribution >= 0.6 is 0 Å². The van der Waals surface area contributed by atoms with Gasteiger partial charge in [-0.15, -0.1) is 0 Å². The molecule has 21 heavy (non-hydrogen) atoms. The Balaban J connectivity index is 1.93. The molecule has 1 aliphatic heterocycles. The van der Waals surface area contributed by atoms with E-state index in [-0.39, 0.29) is 24.2 Å². The number of hydrogen-bond acceptors (Lipinski definition) is 4. The number of nitrogens with one attached hydrogen (secondary N) is 1. The zero-order chi connectivity index (χ0) is 15.5. The molecule has 0 aromatic heterocycles. The van der Waals surface area contributed by atoms with Gasteiger partial charge >= 0.3 is 0 Å². The van der Waals surface area contributed by atoms with Gasteiger partial charge in [0, 0.05) is 25.1 Å². The fourth-order valence-electron chi connectivity index (χ4n) is 2.45. The third-order valence-corrected chi connectivity index (χ3v) is 3.24. The van der Waals surface area contributed by atoms with E-state index in [9.17, 15) is 4.79 Å². The van der Waals surface area contributed by atoms with Gasteiger partial charge in [-0.1, -0.05) is 12.1 Å². The lowest BCUT2D eigenvalue weighted by atomic mass is 10.0. The van der Waals surface area contributed by atoms with E-state index >= 15 is 0 Å². The van der Waals surface area contributed by atoms with Gasteiger partial charge < -0.3 is 19.5 Å². The normalized spacial score (nSPS) is 16.8. The molecule has 0 spiro atoms. The number of carbonyl (C=O) groups excluding carboxylic acids is 1. The summed E-state index contributed by atoms with van der Waals surface area (Å²) in [4.78, 5) is 11.8. The molecule has 5 nitrogen and oxygen atoms in total. The molecule has 0 fully saturated rings. The maximum Gasteiger partial charge on any atom is 0.258 e. The van der Waals surface area contributed by atoms with E-state index in [1.165, 1.54) is 0 Å². The van der Waals surface area contributed by atoms with Crippen molar-refractivity contribution in [1.29, 1.82) is 0 Å². The van der Waals surface area contributed by atoms with Crippen LogP contribution in [-0.4, -0.2) is 37.9 Å². The average molecular weight is 293 g/mol. The number of carbonyl (C=O) groups is 1. The van der Waals surface area contributed by atoms with Crippen molar-refractivity contribution in [1.82, 2.24) is 5.32 Å². The molecular weight excluding hydrogens is 270 g/mol. The Morgan fingerprint density at radius 3 is 2.95 bits per heavy atom. The molecule has 1 aliphatic rings. The Hall–Kier alpha value is -1.75. The fraction of sp³-hybridized carbons (Fsp3) is 0.562. The highest BCUT2D eigenvalue weighted by atomic mass is 16.5. The van der Waals surface area contributed by atoms with Gasteiger partial charge in [0.2, 0.25) is 0 Å². The second-order valence-corrected chi connectivity index (χ2v) is 6.00. The summed E-state index contributed by atoms with van der Waals surface area (Å²) in [5.74, 6) is 1.20. The Morgan fingerprint density at radius 1 is 1.48 bits per heavy atom. The molecule has 0 saturated heterocycles. The van der Waals surface area contributed by atoms with Crippen LogP contribution in [0.2, 0.25) is 0 Å². The average Bonchev–Trinajstić information content (AvgIpc) is 2.70. The van der Waals surface area contributed by atoms with Crippen molar-refractivity contribution >= 4 is 5.91 Å². The predicted octanol–water partition coefficient (Wildman–Crippen LogP) is 1.93. The van der Waals surface area contributed by atoms with Crippen molar-refractivity contribution in [3.8, 4) is 11.5 Å². The summed E-state index contributed by atoms with van der Waals surface area (Å²) in [6, 6.07) is 5.73. The van der Waals surface area contributed by atoms with Crippen LogP contribution in [-0.2, 0) is 16.0 Å². The van der Waals surface area contributed by atoms with Gasteiger partial charge in [-0.3, -0.25) is 4.79 Å². The Bertz CT molecular complexity index is 513. The number of amides is 1. The van der Waals surface area contributed by atoms with Gasteiger partial charge in [0.1, 0.15) is 5.60 Å². The number of ether oxygens (including phenoxy) is 3. The van der Waals surface area contributed by atoms with E-state index in [1.807, 2.05) is 39.0 Å². The van der Waals surface area contributed by atoms with E-state index in [0.717, 1.165) is 17.7 Å². The smallest absolute Gasteiger partial charge is 0.258 e. The van der Waals surface area contributed by atoms with Crippen LogP contribution in [0.1, 0.15) is 26.3 Å². The largest absolute Gasteiger partial charge is 0.483 e. The first-order valence-corrected chi connectivity index (χ1v) is 7.13. The molecule has 5 heteroatoms. The highest BCUT2D eigenvalue weighted by molar-refractivity contribution is 5.78. The molecular formula is C16H23NO4. The molecule has 1 N–H and O–H groups in total. The lowest BCUT2D eigenvalue weighted by molar-refractivity contribution is -0.124. The topological polar surface area (TPSA) is 56.8 Å². The SMILES string of the molecule is COC[C@@H](C)NC(=O)COc1cccc2c1OC(C)(C)C2.